The van der Waals surface area contributed by atoms with Crippen LogP contribution in [0, 0.1) is 23.7 Å². The number of aliphatic hydroxyl groups excluding tert-OH is 1. The van der Waals surface area contributed by atoms with Gasteiger partial charge in [-0.15, -0.1) is 0 Å². The lowest BCUT2D eigenvalue weighted by atomic mass is 9.84. The standard InChI is InChI=1S/C33H45NO9S/c1-22(2)19-34(44(37,38)26-12-10-25(39-3)11-13-26)20-28(35)24(16-23-8-6-5-7-9-23)17-30(36)43-29-18-33(40-4)21-42-32-31(33)27(29)14-15-41-32/h5-13,22,24,27-29,31-32,35H,14-21H2,1-4H3/t24?,27?,28-,29+,31-,32-,33-/m1/s1. The van der Waals surface area contributed by atoms with Crippen LogP contribution in [0.15, 0.2) is 59.5 Å². The van der Waals surface area contributed by atoms with Crippen molar-refractivity contribution in [2.45, 2.75) is 68.5 Å². The molecular weight excluding hydrogens is 586 g/mol. The molecular formula is C33H45NO9S. The molecule has 7 atom stereocenters. The minimum absolute atomic E-state index is 0.00231. The Labute approximate surface area is 260 Å². The van der Waals surface area contributed by atoms with Crippen molar-refractivity contribution in [3.8, 4) is 5.75 Å². The number of hydrogen-bond acceptors (Lipinski definition) is 9. The second-order valence-electron chi connectivity index (χ2n) is 12.6. The number of rotatable bonds is 14. The first-order valence-corrected chi connectivity index (χ1v) is 16.8. The van der Waals surface area contributed by atoms with Crippen molar-refractivity contribution >= 4 is 16.0 Å². The summed E-state index contributed by atoms with van der Waals surface area (Å²) in [4.78, 5) is 13.7. The Balaban J connectivity index is 1.33. The topological polar surface area (TPSA) is 121 Å². The molecule has 242 valence electrons. The summed E-state index contributed by atoms with van der Waals surface area (Å²) >= 11 is 0. The van der Waals surface area contributed by atoms with E-state index in [1.807, 2.05) is 44.2 Å². The van der Waals surface area contributed by atoms with E-state index < -0.39 is 33.6 Å². The molecule has 1 saturated carbocycles. The maximum atomic E-state index is 13.7. The van der Waals surface area contributed by atoms with Crippen LogP contribution < -0.4 is 4.74 Å². The van der Waals surface area contributed by atoms with Crippen LogP contribution in [0.25, 0.3) is 0 Å². The lowest BCUT2D eigenvalue weighted by Gasteiger charge is -2.34. The van der Waals surface area contributed by atoms with Gasteiger partial charge in [-0.05, 0) is 48.6 Å². The molecule has 2 unspecified atom stereocenters. The van der Waals surface area contributed by atoms with Gasteiger partial charge in [-0.2, -0.15) is 4.31 Å². The Kier molecular flexibility index (Phi) is 10.3. The second kappa shape index (κ2) is 13.8. The number of ether oxygens (including phenoxy) is 5. The van der Waals surface area contributed by atoms with Crippen LogP contribution in [0.5, 0.6) is 5.75 Å². The van der Waals surface area contributed by atoms with Gasteiger partial charge in [-0.1, -0.05) is 44.2 Å². The molecule has 44 heavy (non-hydrogen) atoms. The van der Waals surface area contributed by atoms with Crippen molar-refractivity contribution in [1.29, 1.82) is 0 Å². The Bertz CT molecular complexity index is 1350. The Morgan fingerprint density at radius 3 is 2.45 bits per heavy atom. The zero-order valence-corrected chi connectivity index (χ0v) is 26.8. The van der Waals surface area contributed by atoms with Crippen molar-refractivity contribution in [2.24, 2.45) is 23.7 Å². The summed E-state index contributed by atoms with van der Waals surface area (Å²) in [5.74, 6) is -0.375. The van der Waals surface area contributed by atoms with Crippen molar-refractivity contribution < 1.29 is 42.0 Å². The van der Waals surface area contributed by atoms with E-state index in [9.17, 15) is 18.3 Å². The summed E-state index contributed by atoms with van der Waals surface area (Å²) in [6.07, 6.45) is -0.218. The van der Waals surface area contributed by atoms with E-state index >= 15 is 0 Å². The van der Waals surface area contributed by atoms with Crippen molar-refractivity contribution in [3.63, 3.8) is 0 Å². The number of sulfonamides is 1. The van der Waals surface area contributed by atoms with Crippen molar-refractivity contribution in [3.05, 3.63) is 60.2 Å². The number of methoxy groups -OCH3 is 2. The fourth-order valence-corrected chi connectivity index (χ4v) is 8.67. The summed E-state index contributed by atoms with van der Waals surface area (Å²) < 4.78 is 57.7. The Hall–Kier alpha value is -2.54. The quantitative estimate of drug-likeness (QED) is 0.312. The van der Waals surface area contributed by atoms with E-state index in [2.05, 4.69) is 0 Å². The van der Waals surface area contributed by atoms with E-state index in [1.54, 1.807) is 19.2 Å². The molecule has 2 aromatic carbocycles. The molecule has 11 heteroatoms. The fourth-order valence-electron chi connectivity index (χ4n) is 7.05. The van der Waals surface area contributed by atoms with E-state index in [-0.39, 0.29) is 54.6 Å². The number of nitrogens with zero attached hydrogens (tertiary/aromatic N) is 1. The van der Waals surface area contributed by atoms with Crippen LogP contribution in [0.4, 0.5) is 0 Å². The molecule has 2 saturated heterocycles. The lowest BCUT2D eigenvalue weighted by Crippen LogP contribution is -2.43. The van der Waals surface area contributed by atoms with Gasteiger partial charge in [-0.3, -0.25) is 4.79 Å². The molecule has 3 fully saturated rings. The number of benzene rings is 2. The van der Waals surface area contributed by atoms with Crippen LogP contribution in [0.2, 0.25) is 0 Å². The molecule has 3 aliphatic rings. The van der Waals surface area contributed by atoms with Gasteiger partial charge in [0, 0.05) is 44.4 Å². The third kappa shape index (κ3) is 6.98. The predicted octanol–water partition coefficient (Wildman–Crippen LogP) is 3.66. The minimum atomic E-state index is -3.93. The maximum absolute atomic E-state index is 13.7. The fraction of sp³-hybridized carbons (Fsp3) is 0.606. The van der Waals surface area contributed by atoms with Crippen molar-refractivity contribution in [2.75, 3.05) is 40.5 Å². The highest BCUT2D eigenvalue weighted by Crippen LogP contribution is 2.54. The number of esters is 1. The molecule has 10 nitrogen and oxygen atoms in total. The molecule has 0 bridgehead atoms. The van der Waals surface area contributed by atoms with E-state index in [0.29, 0.717) is 31.8 Å². The number of aliphatic hydroxyl groups is 1. The monoisotopic (exact) mass is 631 g/mol. The van der Waals surface area contributed by atoms with Gasteiger partial charge < -0.3 is 28.8 Å². The summed E-state index contributed by atoms with van der Waals surface area (Å²) in [5.41, 5.74) is 0.396. The van der Waals surface area contributed by atoms with Crippen LogP contribution in [0.3, 0.4) is 0 Å². The molecule has 2 aromatic rings. The van der Waals surface area contributed by atoms with Gasteiger partial charge in [0.15, 0.2) is 6.29 Å². The molecule has 0 spiro atoms. The van der Waals surface area contributed by atoms with E-state index in [0.717, 1.165) is 12.0 Å². The Morgan fingerprint density at radius 1 is 1.07 bits per heavy atom. The van der Waals surface area contributed by atoms with Gasteiger partial charge in [0.1, 0.15) is 17.5 Å². The van der Waals surface area contributed by atoms with Gasteiger partial charge in [0.2, 0.25) is 10.0 Å². The normalized spacial score (nSPS) is 27.7. The zero-order chi connectivity index (χ0) is 31.5. The third-order valence-corrected chi connectivity index (χ3v) is 11.1. The Morgan fingerprint density at radius 2 is 1.80 bits per heavy atom. The summed E-state index contributed by atoms with van der Waals surface area (Å²) in [6, 6.07) is 15.8. The highest BCUT2D eigenvalue weighted by molar-refractivity contribution is 7.89. The maximum Gasteiger partial charge on any atom is 0.306 e. The van der Waals surface area contributed by atoms with Crippen molar-refractivity contribution in [1.82, 2.24) is 4.31 Å². The molecule has 2 aliphatic heterocycles. The minimum Gasteiger partial charge on any atom is -0.497 e. The first-order chi connectivity index (χ1) is 21.1. The molecule has 2 heterocycles. The van der Waals surface area contributed by atoms with Gasteiger partial charge >= 0.3 is 5.97 Å². The predicted molar refractivity (Wildman–Crippen MR) is 162 cm³/mol. The van der Waals surface area contributed by atoms with Gasteiger partial charge in [-0.25, -0.2) is 8.42 Å². The smallest absolute Gasteiger partial charge is 0.306 e. The average molecular weight is 632 g/mol. The van der Waals surface area contributed by atoms with Crippen LogP contribution in [-0.4, -0.2) is 88.4 Å². The third-order valence-electron chi connectivity index (χ3n) is 9.27. The van der Waals surface area contributed by atoms with Gasteiger partial charge in [0.05, 0.1) is 37.7 Å². The molecule has 1 aliphatic carbocycles. The molecule has 0 aromatic heterocycles. The number of carbonyl (C=O) groups excluding carboxylic acids is 1. The van der Waals surface area contributed by atoms with Crippen LogP contribution in [0.1, 0.15) is 38.7 Å². The first-order valence-electron chi connectivity index (χ1n) is 15.4. The van der Waals surface area contributed by atoms with Crippen LogP contribution in [-0.2, 0) is 40.2 Å². The van der Waals surface area contributed by atoms with Crippen LogP contribution >= 0.6 is 0 Å². The SMILES string of the molecule is COc1ccc(S(=O)(=O)N(CC(C)C)C[C@@H](O)C(CC(=O)O[C@H]2C[C@@]3(OC)CO[C@H]4OCCC2[C@H]43)Cc2ccccc2)cc1. The second-order valence-corrected chi connectivity index (χ2v) is 14.6. The largest absolute Gasteiger partial charge is 0.497 e. The number of carbonyl (C=O) groups is 1. The summed E-state index contributed by atoms with van der Waals surface area (Å²) in [5, 5.41) is 11.6. The first kappa shape index (κ1) is 32.8. The highest BCUT2D eigenvalue weighted by Gasteiger charge is 2.64. The molecule has 0 amide bonds. The van der Waals surface area contributed by atoms with E-state index in [4.69, 9.17) is 23.7 Å². The van der Waals surface area contributed by atoms with E-state index in [1.165, 1.54) is 23.5 Å². The number of hydrogen-bond donors (Lipinski definition) is 1. The average Bonchev–Trinajstić information content (AvgIpc) is 3.54. The lowest BCUT2D eigenvalue weighted by molar-refractivity contribution is -0.183. The molecule has 1 N–H and O–H groups in total. The van der Waals surface area contributed by atoms with Gasteiger partial charge in [0.25, 0.3) is 0 Å². The summed E-state index contributed by atoms with van der Waals surface area (Å²) in [7, 11) is -0.751. The summed E-state index contributed by atoms with van der Waals surface area (Å²) in [6.45, 7) is 4.84. The molecule has 5 rings (SSSR count). The zero-order valence-electron chi connectivity index (χ0n) is 26.0. The highest BCUT2D eigenvalue weighted by atomic mass is 32.2. The molecule has 0 radical (unpaired) electrons.